The first kappa shape index (κ1) is 17.1. The van der Waals surface area contributed by atoms with Crippen molar-refractivity contribution in [2.75, 3.05) is 20.6 Å². The zero-order valence-corrected chi connectivity index (χ0v) is 13.0. The summed E-state index contributed by atoms with van der Waals surface area (Å²) in [5.41, 5.74) is 0.491. The molecule has 0 aliphatic heterocycles. The Bertz CT molecular complexity index is 410. The average molecular weight is 369 g/mol. The smallest absolute Gasteiger partial charge is 0.190 e. The van der Waals surface area contributed by atoms with Crippen LogP contribution in [0.15, 0.2) is 23.2 Å². The van der Waals surface area contributed by atoms with Crippen LogP contribution in [0.4, 0.5) is 8.78 Å². The highest BCUT2D eigenvalue weighted by Crippen LogP contribution is 2.18. The fourth-order valence-electron chi connectivity index (χ4n) is 1.54. The van der Waals surface area contributed by atoms with E-state index in [1.807, 2.05) is 6.92 Å². The molecule has 0 bridgehead atoms. The van der Waals surface area contributed by atoms with Crippen LogP contribution in [0.1, 0.15) is 18.4 Å². The summed E-state index contributed by atoms with van der Waals surface area (Å²) in [5.74, 6) is -0.503. The Labute approximate surface area is 123 Å². The molecule has 0 aromatic heterocycles. The van der Waals surface area contributed by atoms with Crippen LogP contribution in [0.5, 0.6) is 0 Å². The van der Waals surface area contributed by atoms with Gasteiger partial charge >= 0.3 is 0 Å². The molecule has 1 aromatic rings. The Hall–Kier alpha value is -0.920. The summed E-state index contributed by atoms with van der Waals surface area (Å²) in [6, 6.07) is 3.64. The highest BCUT2D eigenvalue weighted by Gasteiger charge is 2.11. The molecule has 18 heavy (non-hydrogen) atoms. The molecule has 0 saturated carbocycles. The molecule has 0 heterocycles. The number of guanidine groups is 1. The van der Waals surface area contributed by atoms with E-state index in [0.717, 1.165) is 6.07 Å². The molecule has 6 heteroatoms. The summed E-state index contributed by atoms with van der Waals surface area (Å²) in [4.78, 5) is 3.95. The Morgan fingerprint density at radius 2 is 2.06 bits per heavy atom. The predicted molar refractivity (Wildman–Crippen MR) is 80.6 cm³/mol. The van der Waals surface area contributed by atoms with E-state index in [9.17, 15) is 8.78 Å². The second kappa shape index (κ2) is 8.23. The van der Waals surface area contributed by atoms with Gasteiger partial charge in [0.2, 0.25) is 0 Å². The normalized spacial score (nSPS) is 12.6. The van der Waals surface area contributed by atoms with Crippen molar-refractivity contribution in [2.24, 2.45) is 4.99 Å². The van der Waals surface area contributed by atoms with Gasteiger partial charge in [0, 0.05) is 32.6 Å². The van der Waals surface area contributed by atoms with Crippen molar-refractivity contribution in [3.63, 3.8) is 0 Å². The van der Waals surface area contributed by atoms with E-state index in [1.165, 1.54) is 12.1 Å². The van der Waals surface area contributed by atoms with Crippen molar-refractivity contribution < 1.29 is 8.78 Å². The molecule has 1 rings (SSSR count). The maximum absolute atomic E-state index is 13.5. The van der Waals surface area contributed by atoms with Crippen LogP contribution >= 0.6 is 24.0 Å². The van der Waals surface area contributed by atoms with E-state index in [-0.39, 0.29) is 29.9 Å². The van der Waals surface area contributed by atoms with Gasteiger partial charge in [-0.25, -0.2) is 8.78 Å². The highest BCUT2D eigenvalue weighted by molar-refractivity contribution is 14.0. The van der Waals surface area contributed by atoms with Gasteiger partial charge < -0.3 is 10.6 Å². The number of nitrogens with zero attached hydrogens (tertiary/aromatic N) is 1. The number of hydrogen-bond acceptors (Lipinski definition) is 1. The molecule has 2 N–H and O–H groups in total. The van der Waals surface area contributed by atoms with Crippen LogP contribution < -0.4 is 10.6 Å². The number of hydrogen-bond donors (Lipinski definition) is 2. The van der Waals surface area contributed by atoms with Crippen molar-refractivity contribution in [3.05, 3.63) is 35.4 Å². The minimum Gasteiger partial charge on any atom is -0.359 e. The first-order valence-corrected chi connectivity index (χ1v) is 5.41. The first-order chi connectivity index (χ1) is 8.08. The van der Waals surface area contributed by atoms with Crippen LogP contribution in [-0.4, -0.2) is 26.6 Å². The third-order valence-electron chi connectivity index (χ3n) is 2.53. The van der Waals surface area contributed by atoms with Gasteiger partial charge in [0.05, 0.1) is 0 Å². The van der Waals surface area contributed by atoms with Gasteiger partial charge in [-0.15, -0.1) is 24.0 Å². The lowest BCUT2D eigenvalue weighted by Gasteiger charge is -2.15. The van der Waals surface area contributed by atoms with E-state index < -0.39 is 11.6 Å². The lowest BCUT2D eigenvalue weighted by Crippen LogP contribution is -2.36. The van der Waals surface area contributed by atoms with Gasteiger partial charge in [-0.3, -0.25) is 4.99 Å². The van der Waals surface area contributed by atoms with Crippen molar-refractivity contribution in [1.29, 1.82) is 0 Å². The lowest BCUT2D eigenvalue weighted by atomic mass is 10.0. The Kier molecular flexibility index (Phi) is 7.81. The monoisotopic (exact) mass is 369 g/mol. The Balaban J connectivity index is 0.00000289. The molecule has 1 aromatic carbocycles. The van der Waals surface area contributed by atoms with E-state index >= 15 is 0 Å². The fourth-order valence-corrected chi connectivity index (χ4v) is 1.54. The van der Waals surface area contributed by atoms with Gasteiger partial charge in [-0.05, 0) is 11.6 Å². The largest absolute Gasteiger partial charge is 0.359 e. The molecule has 0 aliphatic carbocycles. The predicted octanol–water partition coefficient (Wildman–Crippen LogP) is 2.48. The average Bonchev–Trinajstić information content (AvgIpc) is 2.30. The highest BCUT2D eigenvalue weighted by atomic mass is 127. The van der Waals surface area contributed by atoms with Crippen LogP contribution in [-0.2, 0) is 0 Å². The third kappa shape index (κ3) is 4.75. The molecule has 0 fully saturated rings. The Morgan fingerprint density at radius 3 is 2.56 bits per heavy atom. The fraction of sp³-hybridized carbons (Fsp3) is 0.417. The SMILES string of the molecule is CN=C(NC)NCC(C)c1ccc(F)cc1F.I. The van der Waals surface area contributed by atoms with Crippen molar-refractivity contribution in [1.82, 2.24) is 10.6 Å². The molecular weight excluding hydrogens is 351 g/mol. The summed E-state index contributed by atoms with van der Waals surface area (Å²) in [6.07, 6.45) is 0. The number of halogens is 3. The molecule has 102 valence electrons. The molecule has 1 unspecified atom stereocenters. The minimum atomic E-state index is -0.558. The second-order valence-electron chi connectivity index (χ2n) is 3.77. The lowest BCUT2D eigenvalue weighted by molar-refractivity contribution is 0.556. The van der Waals surface area contributed by atoms with Crippen LogP contribution in [0, 0.1) is 11.6 Å². The third-order valence-corrected chi connectivity index (χ3v) is 2.53. The number of rotatable bonds is 3. The molecule has 1 atom stereocenters. The van der Waals surface area contributed by atoms with Crippen LogP contribution in [0.25, 0.3) is 0 Å². The van der Waals surface area contributed by atoms with Gasteiger partial charge in [0.25, 0.3) is 0 Å². The van der Waals surface area contributed by atoms with E-state index in [0.29, 0.717) is 18.1 Å². The zero-order chi connectivity index (χ0) is 12.8. The summed E-state index contributed by atoms with van der Waals surface area (Å²) < 4.78 is 26.2. The summed E-state index contributed by atoms with van der Waals surface area (Å²) in [7, 11) is 3.40. The standard InChI is InChI=1S/C12H17F2N3.HI/c1-8(7-17-12(15-2)16-3)10-5-4-9(13)6-11(10)14;/h4-6,8H,7H2,1-3H3,(H2,15,16,17);1H. The quantitative estimate of drug-likeness (QED) is 0.488. The van der Waals surface area contributed by atoms with E-state index in [2.05, 4.69) is 15.6 Å². The topological polar surface area (TPSA) is 36.4 Å². The van der Waals surface area contributed by atoms with Crippen LogP contribution in [0.2, 0.25) is 0 Å². The second-order valence-corrected chi connectivity index (χ2v) is 3.77. The molecule has 0 radical (unpaired) electrons. The summed E-state index contributed by atoms with van der Waals surface area (Å²) >= 11 is 0. The minimum absolute atomic E-state index is 0. The van der Waals surface area contributed by atoms with E-state index in [4.69, 9.17) is 0 Å². The molecule has 0 amide bonds. The molecule has 0 aliphatic rings. The Morgan fingerprint density at radius 1 is 1.39 bits per heavy atom. The molecule has 0 spiro atoms. The van der Waals surface area contributed by atoms with Crippen molar-refractivity contribution >= 4 is 29.9 Å². The first-order valence-electron chi connectivity index (χ1n) is 5.41. The van der Waals surface area contributed by atoms with Crippen molar-refractivity contribution in [3.8, 4) is 0 Å². The van der Waals surface area contributed by atoms with Gasteiger partial charge in [0.15, 0.2) is 5.96 Å². The van der Waals surface area contributed by atoms with Crippen LogP contribution in [0.3, 0.4) is 0 Å². The van der Waals surface area contributed by atoms with Gasteiger partial charge in [-0.2, -0.15) is 0 Å². The molecule has 3 nitrogen and oxygen atoms in total. The van der Waals surface area contributed by atoms with E-state index in [1.54, 1.807) is 14.1 Å². The molecule has 0 saturated heterocycles. The summed E-state index contributed by atoms with van der Waals surface area (Å²) in [5, 5.41) is 5.91. The van der Waals surface area contributed by atoms with Crippen molar-refractivity contribution in [2.45, 2.75) is 12.8 Å². The maximum Gasteiger partial charge on any atom is 0.190 e. The number of nitrogens with one attached hydrogen (secondary N) is 2. The van der Waals surface area contributed by atoms with Gasteiger partial charge in [0.1, 0.15) is 11.6 Å². The molecular formula is C12H18F2IN3. The maximum atomic E-state index is 13.5. The number of benzene rings is 1. The number of aliphatic imine (C=N–C) groups is 1. The zero-order valence-electron chi connectivity index (χ0n) is 10.6. The summed E-state index contributed by atoms with van der Waals surface area (Å²) in [6.45, 7) is 2.39. The van der Waals surface area contributed by atoms with Gasteiger partial charge in [-0.1, -0.05) is 13.0 Å².